The van der Waals surface area contributed by atoms with Crippen molar-refractivity contribution in [3.05, 3.63) is 59.9 Å². The van der Waals surface area contributed by atoms with Crippen LogP contribution in [0.5, 0.6) is 0 Å². The minimum absolute atomic E-state index is 0.179. The summed E-state index contributed by atoms with van der Waals surface area (Å²) in [6, 6.07) is 10.1. The summed E-state index contributed by atoms with van der Waals surface area (Å²) >= 11 is 0. The summed E-state index contributed by atoms with van der Waals surface area (Å²) in [5, 5.41) is 5.63. The van der Waals surface area contributed by atoms with E-state index >= 15 is 0 Å². The number of pyridine rings is 1. The van der Waals surface area contributed by atoms with Crippen LogP contribution < -0.4 is 16.4 Å². The van der Waals surface area contributed by atoms with E-state index in [9.17, 15) is 9.59 Å². The molecule has 0 aliphatic carbocycles. The highest BCUT2D eigenvalue weighted by atomic mass is 16.2. The van der Waals surface area contributed by atoms with Gasteiger partial charge in [0.15, 0.2) is 0 Å². The molecule has 1 aromatic heterocycles. The summed E-state index contributed by atoms with van der Waals surface area (Å²) in [5.74, 6) is -0.397. The number of rotatable bonds is 5. The Morgan fingerprint density at radius 1 is 1.16 bits per heavy atom. The first-order valence-electron chi connectivity index (χ1n) is 8.11. The molecule has 6 nitrogen and oxygen atoms in total. The lowest BCUT2D eigenvalue weighted by molar-refractivity contribution is -0.124. The summed E-state index contributed by atoms with van der Waals surface area (Å²) in [4.78, 5) is 28.0. The number of amides is 2. The number of nitrogens with zero attached hydrogens (tertiary/aromatic N) is 1. The van der Waals surface area contributed by atoms with Gasteiger partial charge in [-0.3, -0.25) is 14.6 Å². The minimum atomic E-state index is -0.564. The van der Waals surface area contributed by atoms with Crippen LogP contribution in [0.3, 0.4) is 0 Å². The van der Waals surface area contributed by atoms with Crippen LogP contribution in [-0.2, 0) is 11.3 Å². The van der Waals surface area contributed by atoms with Crippen LogP contribution in [0.25, 0.3) is 0 Å². The number of hydrogen-bond donors (Lipinski definition) is 3. The van der Waals surface area contributed by atoms with E-state index < -0.39 is 6.04 Å². The molecule has 2 aromatic rings. The van der Waals surface area contributed by atoms with Crippen molar-refractivity contribution in [2.24, 2.45) is 11.1 Å². The second kappa shape index (κ2) is 7.90. The number of benzene rings is 1. The molecular weight excluding hydrogens is 316 g/mol. The van der Waals surface area contributed by atoms with Gasteiger partial charge in [0.1, 0.15) is 0 Å². The Morgan fingerprint density at radius 2 is 1.84 bits per heavy atom. The van der Waals surface area contributed by atoms with Crippen LogP contribution in [0.15, 0.2) is 48.8 Å². The summed E-state index contributed by atoms with van der Waals surface area (Å²) in [5.41, 5.74) is 7.74. The van der Waals surface area contributed by atoms with Gasteiger partial charge in [-0.05, 0) is 35.2 Å². The SMILES string of the molecule is CC(C)(C)[C@H](N)C(=O)NCc1ccc(NC(=O)c2cccnc2)cc1. The first-order valence-corrected chi connectivity index (χ1v) is 8.11. The maximum absolute atomic E-state index is 12.1. The van der Waals surface area contributed by atoms with Gasteiger partial charge < -0.3 is 16.4 Å². The zero-order valence-electron chi connectivity index (χ0n) is 14.7. The second-order valence-corrected chi connectivity index (χ2v) is 6.95. The summed E-state index contributed by atoms with van der Waals surface area (Å²) in [6.07, 6.45) is 3.13. The highest BCUT2D eigenvalue weighted by molar-refractivity contribution is 6.04. The summed E-state index contributed by atoms with van der Waals surface area (Å²) in [7, 11) is 0. The van der Waals surface area contributed by atoms with E-state index in [1.54, 1.807) is 30.5 Å². The van der Waals surface area contributed by atoms with Crippen LogP contribution in [0.1, 0.15) is 36.7 Å². The molecule has 0 saturated heterocycles. The number of anilines is 1. The molecule has 0 saturated carbocycles. The smallest absolute Gasteiger partial charge is 0.257 e. The fourth-order valence-corrected chi connectivity index (χ4v) is 2.10. The van der Waals surface area contributed by atoms with Gasteiger partial charge in [0.2, 0.25) is 5.91 Å². The quantitative estimate of drug-likeness (QED) is 0.778. The Morgan fingerprint density at radius 3 is 2.40 bits per heavy atom. The summed E-state index contributed by atoms with van der Waals surface area (Å²) in [6.45, 7) is 6.17. The topological polar surface area (TPSA) is 97.1 Å². The van der Waals surface area contributed by atoms with Crippen LogP contribution >= 0.6 is 0 Å². The minimum Gasteiger partial charge on any atom is -0.351 e. The second-order valence-electron chi connectivity index (χ2n) is 6.95. The number of carbonyl (C=O) groups is 2. The van der Waals surface area contributed by atoms with Gasteiger partial charge in [-0.2, -0.15) is 0 Å². The molecule has 0 aliphatic heterocycles. The van der Waals surface area contributed by atoms with Crippen molar-refractivity contribution in [1.29, 1.82) is 0 Å². The lowest BCUT2D eigenvalue weighted by Gasteiger charge is -2.25. The van der Waals surface area contributed by atoms with E-state index in [1.165, 1.54) is 6.20 Å². The van der Waals surface area contributed by atoms with E-state index in [1.807, 2.05) is 32.9 Å². The molecule has 0 fully saturated rings. The molecule has 0 radical (unpaired) electrons. The van der Waals surface area contributed by atoms with Crippen molar-refractivity contribution in [1.82, 2.24) is 10.3 Å². The first kappa shape index (κ1) is 18.6. The average Bonchev–Trinajstić information content (AvgIpc) is 2.60. The molecule has 2 amide bonds. The van der Waals surface area contributed by atoms with E-state index in [4.69, 9.17) is 5.73 Å². The largest absolute Gasteiger partial charge is 0.351 e. The van der Waals surface area contributed by atoms with Crippen LogP contribution in [0.2, 0.25) is 0 Å². The molecular formula is C19H24N4O2. The summed E-state index contributed by atoms with van der Waals surface area (Å²) < 4.78 is 0. The molecule has 0 spiro atoms. The molecule has 0 bridgehead atoms. The molecule has 4 N–H and O–H groups in total. The van der Waals surface area contributed by atoms with Crippen molar-refractivity contribution < 1.29 is 9.59 Å². The van der Waals surface area contributed by atoms with Gasteiger partial charge >= 0.3 is 0 Å². The van der Waals surface area contributed by atoms with Crippen LogP contribution in [0.4, 0.5) is 5.69 Å². The average molecular weight is 340 g/mol. The number of hydrogen-bond acceptors (Lipinski definition) is 4. The van der Waals surface area contributed by atoms with Crippen LogP contribution in [0, 0.1) is 5.41 Å². The Hall–Kier alpha value is -2.73. The fraction of sp³-hybridized carbons (Fsp3) is 0.316. The predicted octanol–water partition coefficient (Wildman–Crippen LogP) is 2.32. The Labute approximate surface area is 147 Å². The monoisotopic (exact) mass is 340 g/mol. The van der Waals surface area contributed by atoms with Crippen molar-refractivity contribution in [3.63, 3.8) is 0 Å². The molecule has 0 aliphatic rings. The highest BCUT2D eigenvalue weighted by Gasteiger charge is 2.27. The maximum atomic E-state index is 12.1. The standard InChI is InChI=1S/C19H24N4O2/c1-19(2,3)16(20)18(25)22-11-13-6-8-15(9-7-13)23-17(24)14-5-4-10-21-12-14/h4-10,12,16H,11,20H2,1-3H3,(H,22,25)(H,23,24)/t16-/m1/s1. The first-order chi connectivity index (χ1) is 11.8. The lowest BCUT2D eigenvalue weighted by Crippen LogP contribution is -2.48. The third kappa shape index (κ3) is 5.39. The zero-order chi connectivity index (χ0) is 18.4. The zero-order valence-corrected chi connectivity index (χ0v) is 14.7. The normalized spacial score (nSPS) is 12.3. The Balaban J connectivity index is 1.90. The van der Waals surface area contributed by atoms with Gasteiger partial charge in [0, 0.05) is 24.6 Å². The molecule has 1 atom stereocenters. The predicted molar refractivity (Wildman–Crippen MR) is 97.9 cm³/mol. The third-order valence-corrected chi connectivity index (χ3v) is 3.82. The number of aromatic nitrogens is 1. The molecule has 2 rings (SSSR count). The third-order valence-electron chi connectivity index (χ3n) is 3.82. The van der Waals surface area contributed by atoms with Gasteiger partial charge in [-0.1, -0.05) is 32.9 Å². The maximum Gasteiger partial charge on any atom is 0.257 e. The van der Waals surface area contributed by atoms with E-state index in [0.29, 0.717) is 17.8 Å². The fourth-order valence-electron chi connectivity index (χ4n) is 2.10. The molecule has 1 heterocycles. The van der Waals surface area contributed by atoms with E-state index in [2.05, 4.69) is 15.6 Å². The molecule has 6 heteroatoms. The van der Waals surface area contributed by atoms with Crippen molar-refractivity contribution >= 4 is 17.5 Å². The molecule has 0 unspecified atom stereocenters. The Kier molecular flexibility index (Phi) is 5.88. The Bertz CT molecular complexity index is 721. The van der Waals surface area contributed by atoms with E-state index in [0.717, 1.165) is 5.56 Å². The van der Waals surface area contributed by atoms with Crippen molar-refractivity contribution in [2.75, 3.05) is 5.32 Å². The van der Waals surface area contributed by atoms with Gasteiger partial charge in [-0.25, -0.2) is 0 Å². The molecule has 25 heavy (non-hydrogen) atoms. The number of carbonyl (C=O) groups excluding carboxylic acids is 2. The molecule has 1 aromatic carbocycles. The van der Waals surface area contributed by atoms with Gasteiger partial charge in [0.05, 0.1) is 11.6 Å². The van der Waals surface area contributed by atoms with Crippen LogP contribution in [-0.4, -0.2) is 22.8 Å². The van der Waals surface area contributed by atoms with Gasteiger partial charge in [0.25, 0.3) is 5.91 Å². The highest BCUT2D eigenvalue weighted by Crippen LogP contribution is 2.17. The lowest BCUT2D eigenvalue weighted by atomic mass is 9.87. The molecule has 132 valence electrons. The number of nitrogens with one attached hydrogen (secondary N) is 2. The van der Waals surface area contributed by atoms with Crippen molar-refractivity contribution in [3.8, 4) is 0 Å². The van der Waals surface area contributed by atoms with E-state index in [-0.39, 0.29) is 17.2 Å². The van der Waals surface area contributed by atoms with Gasteiger partial charge in [-0.15, -0.1) is 0 Å². The van der Waals surface area contributed by atoms with Crippen molar-refractivity contribution in [2.45, 2.75) is 33.4 Å². The number of nitrogens with two attached hydrogens (primary N) is 1.